The molecule has 3 nitrogen and oxygen atoms in total. The fourth-order valence-electron chi connectivity index (χ4n) is 1.91. The third kappa shape index (κ3) is 2.51. The molecule has 2 heterocycles. The highest BCUT2D eigenvalue weighted by atomic mass is 32.2. The zero-order valence-corrected chi connectivity index (χ0v) is 11.8. The van der Waals surface area contributed by atoms with Gasteiger partial charge in [0, 0.05) is 24.5 Å². The second-order valence-corrected chi connectivity index (χ2v) is 6.55. The average Bonchev–Trinajstić information content (AvgIpc) is 2.83. The lowest BCUT2D eigenvalue weighted by molar-refractivity contribution is -0.131. The van der Waals surface area contributed by atoms with E-state index in [1.807, 2.05) is 14.0 Å². The number of carbonyl (C=O) groups excluding carboxylic acids is 1. The van der Waals surface area contributed by atoms with E-state index in [4.69, 9.17) is 5.73 Å². The van der Waals surface area contributed by atoms with Crippen LogP contribution in [0.4, 0.5) is 0 Å². The van der Waals surface area contributed by atoms with Crippen molar-refractivity contribution in [2.24, 2.45) is 5.73 Å². The minimum Gasteiger partial charge on any atom is -0.341 e. The standard InChI is InChI=1S/C12H18N2OS2/c1-8(7-13)14(2)12(15)11-9-3-5-16-10(9)4-6-17-11/h3,5,8,11H,4,6-7,13H2,1-2H3. The molecule has 94 valence electrons. The Morgan fingerprint density at radius 3 is 3.18 bits per heavy atom. The number of likely N-dealkylation sites (N-methyl/N-ethyl adjacent to an activating group) is 1. The Kier molecular flexibility index (Phi) is 4.12. The summed E-state index contributed by atoms with van der Waals surface area (Å²) in [7, 11) is 1.85. The Morgan fingerprint density at radius 2 is 2.47 bits per heavy atom. The molecule has 2 rings (SSSR count). The van der Waals surface area contributed by atoms with Gasteiger partial charge in [-0.2, -0.15) is 0 Å². The molecule has 0 spiro atoms. The first-order valence-corrected chi connectivity index (χ1v) is 7.72. The molecule has 0 aliphatic carbocycles. The molecule has 1 amide bonds. The van der Waals surface area contributed by atoms with Crippen LogP contribution in [-0.4, -0.2) is 36.2 Å². The molecule has 1 aliphatic rings. The third-order valence-corrected chi connectivity index (χ3v) is 5.48. The van der Waals surface area contributed by atoms with E-state index in [-0.39, 0.29) is 17.2 Å². The molecule has 0 fully saturated rings. The fourth-order valence-corrected chi connectivity index (χ4v) is 4.30. The molecule has 2 unspecified atom stereocenters. The summed E-state index contributed by atoms with van der Waals surface area (Å²) in [6.07, 6.45) is 1.09. The predicted molar refractivity (Wildman–Crippen MR) is 74.5 cm³/mol. The Labute approximate surface area is 110 Å². The topological polar surface area (TPSA) is 46.3 Å². The predicted octanol–water partition coefficient (Wildman–Crippen LogP) is 1.88. The molecular weight excluding hydrogens is 252 g/mol. The Morgan fingerprint density at radius 1 is 1.71 bits per heavy atom. The maximum Gasteiger partial charge on any atom is 0.240 e. The van der Waals surface area contributed by atoms with Gasteiger partial charge in [-0.15, -0.1) is 23.1 Å². The van der Waals surface area contributed by atoms with Crippen molar-refractivity contribution in [2.75, 3.05) is 19.3 Å². The first-order chi connectivity index (χ1) is 8.15. The summed E-state index contributed by atoms with van der Waals surface area (Å²) < 4.78 is 0. The Bertz CT molecular complexity index is 405. The summed E-state index contributed by atoms with van der Waals surface area (Å²) in [5.41, 5.74) is 6.83. The van der Waals surface area contributed by atoms with Crippen LogP contribution >= 0.6 is 23.1 Å². The van der Waals surface area contributed by atoms with Crippen LogP contribution in [0.5, 0.6) is 0 Å². The van der Waals surface area contributed by atoms with Crippen molar-refractivity contribution in [3.05, 3.63) is 21.9 Å². The fraction of sp³-hybridized carbons (Fsp3) is 0.583. The highest BCUT2D eigenvalue weighted by Crippen LogP contribution is 2.40. The number of thioether (sulfide) groups is 1. The molecule has 1 aliphatic heterocycles. The molecular formula is C12H18N2OS2. The zero-order valence-electron chi connectivity index (χ0n) is 10.2. The second-order valence-electron chi connectivity index (χ2n) is 4.33. The minimum atomic E-state index is -0.0241. The van der Waals surface area contributed by atoms with Gasteiger partial charge in [-0.05, 0) is 36.1 Å². The van der Waals surface area contributed by atoms with Gasteiger partial charge in [0.1, 0.15) is 5.25 Å². The molecule has 0 radical (unpaired) electrons. The van der Waals surface area contributed by atoms with Gasteiger partial charge in [0.15, 0.2) is 0 Å². The van der Waals surface area contributed by atoms with Crippen LogP contribution in [-0.2, 0) is 11.2 Å². The maximum atomic E-state index is 12.4. The van der Waals surface area contributed by atoms with Crippen molar-refractivity contribution in [1.82, 2.24) is 4.90 Å². The van der Waals surface area contributed by atoms with Gasteiger partial charge in [0.05, 0.1) is 0 Å². The van der Waals surface area contributed by atoms with Crippen LogP contribution in [0.2, 0.25) is 0 Å². The quantitative estimate of drug-likeness (QED) is 0.912. The van der Waals surface area contributed by atoms with E-state index >= 15 is 0 Å². The molecule has 2 atom stereocenters. The van der Waals surface area contributed by atoms with Gasteiger partial charge in [-0.25, -0.2) is 0 Å². The number of aryl methyl sites for hydroxylation is 1. The molecule has 0 aromatic carbocycles. The van der Waals surface area contributed by atoms with Gasteiger partial charge in [-0.1, -0.05) is 0 Å². The first-order valence-electron chi connectivity index (χ1n) is 5.79. The molecule has 1 aromatic rings. The number of amides is 1. The van der Waals surface area contributed by atoms with E-state index in [9.17, 15) is 4.79 Å². The van der Waals surface area contributed by atoms with Crippen molar-refractivity contribution >= 4 is 29.0 Å². The van der Waals surface area contributed by atoms with Crippen LogP contribution < -0.4 is 5.73 Å². The number of hydrogen-bond acceptors (Lipinski definition) is 4. The van der Waals surface area contributed by atoms with E-state index in [1.54, 1.807) is 28.0 Å². The van der Waals surface area contributed by atoms with Crippen molar-refractivity contribution < 1.29 is 4.79 Å². The normalized spacial score (nSPS) is 20.8. The molecule has 17 heavy (non-hydrogen) atoms. The molecule has 0 bridgehead atoms. The largest absolute Gasteiger partial charge is 0.341 e. The maximum absolute atomic E-state index is 12.4. The van der Waals surface area contributed by atoms with Gasteiger partial charge >= 0.3 is 0 Å². The number of rotatable bonds is 3. The summed E-state index contributed by atoms with van der Waals surface area (Å²) in [6, 6.07) is 2.20. The summed E-state index contributed by atoms with van der Waals surface area (Å²) in [5.74, 6) is 1.22. The van der Waals surface area contributed by atoms with Crippen molar-refractivity contribution in [3.63, 3.8) is 0 Å². The van der Waals surface area contributed by atoms with Crippen LogP contribution in [0.3, 0.4) is 0 Å². The smallest absolute Gasteiger partial charge is 0.240 e. The number of thiophene rings is 1. The van der Waals surface area contributed by atoms with Crippen LogP contribution in [0.25, 0.3) is 0 Å². The molecule has 2 N–H and O–H groups in total. The second kappa shape index (κ2) is 5.42. The van der Waals surface area contributed by atoms with Gasteiger partial charge in [0.25, 0.3) is 0 Å². The summed E-state index contributed by atoms with van der Waals surface area (Å²) in [4.78, 5) is 15.6. The monoisotopic (exact) mass is 270 g/mol. The Hall–Kier alpha value is -0.520. The van der Waals surface area contributed by atoms with E-state index < -0.39 is 0 Å². The van der Waals surface area contributed by atoms with Crippen molar-refractivity contribution in [3.8, 4) is 0 Å². The molecule has 0 saturated carbocycles. The van der Waals surface area contributed by atoms with Crippen LogP contribution in [0.1, 0.15) is 22.6 Å². The molecule has 1 aromatic heterocycles. The lowest BCUT2D eigenvalue weighted by atomic mass is 10.1. The third-order valence-electron chi connectivity index (χ3n) is 3.25. The highest BCUT2D eigenvalue weighted by molar-refractivity contribution is 8.00. The molecule has 0 saturated heterocycles. The number of carbonyl (C=O) groups is 1. The van der Waals surface area contributed by atoms with E-state index in [2.05, 4.69) is 11.4 Å². The first kappa shape index (κ1) is 12.9. The van der Waals surface area contributed by atoms with Gasteiger partial charge < -0.3 is 10.6 Å². The summed E-state index contributed by atoms with van der Waals surface area (Å²) in [5, 5.41) is 2.06. The minimum absolute atomic E-state index is 0.0241. The summed E-state index contributed by atoms with van der Waals surface area (Å²) in [6.45, 7) is 2.50. The number of nitrogens with two attached hydrogens (primary N) is 1. The van der Waals surface area contributed by atoms with Crippen LogP contribution in [0, 0.1) is 0 Å². The van der Waals surface area contributed by atoms with E-state index in [1.165, 1.54) is 10.4 Å². The van der Waals surface area contributed by atoms with Crippen molar-refractivity contribution in [2.45, 2.75) is 24.6 Å². The van der Waals surface area contributed by atoms with Gasteiger partial charge in [-0.3, -0.25) is 4.79 Å². The Balaban J connectivity index is 2.17. The van der Waals surface area contributed by atoms with Crippen LogP contribution in [0.15, 0.2) is 11.4 Å². The number of hydrogen-bond donors (Lipinski definition) is 1. The summed E-state index contributed by atoms with van der Waals surface area (Å²) >= 11 is 3.51. The number of nitrogens with zero attached hydrogens (tertiary/aromatic N) is 1. The van der Waals surface area contributed by atoms with E-state index in [0.717, 1.165) is 12.2 Å². The average molecular weight is 270 g/mol. The van der Waals surface area contributed by atoms with E-state index in [0.29, 0.717) is 6.54 Å². The number of fused-ring (bicyclic) bond motifs is 1. The lowest BCUT2D eigenvalue weighted by Gasteiger charge is -2.30. The van der Waals surface area contributed by atoms with Gasteiger partial charge in [0.2, 0.25) is 5.91 Å². The molecule has 5 heteroatoms. The SMILES string of the molecule is CC(CN)N(C)C(=O)C1SCCc2sccc21. The zero-order chi connectivity index (χ0) is 12.4. The highest BCUT2D eigenvalue weighted by Gasteiger charge is 2.31. The lowest BCUT2D eigenvalue weighted by Crippen LogP contribution is -2.42. The van der Waals surface area contributed by atoms with Crippen molar-refractivity contribution in [1.29, 1.82) is 0 Å².